The van der Waals surface area contributed by atoms with Crippen LogP contribution in [0.3, 0.4) is 0 Å². The maximum absolute atomic E-state index is 5.70. The van der Waals surface area contributed by atoms with Crippen molar-refractivity contribution >= 4 is 11.3 Å². The van der Waals surface area contributed by atoms with Crippen LogP contribution >= 0.6 is 11.3 Å². The second-order valence-electron chi connectivity index (χ2n) is 4.84. The molecule has 3 atom stereocenters. The molecule has 0 bridgehead atoms. The number of nitrogens with one attached hydrogen (secondary N) is 1. The molecule has 2 heterocycles. The van der Waals surface area contributed by atoms with Gasteiger partial charge in [-0.2, -0.15) is 0 Å². The lowest BCUT2D eigenvalue weighted by Gasteiger charge is -2.31. The third kappa shape index (κ3) is 3.50. The fraction of sp³-hybridized carbons (Fsp3) is 0.769. The number of rotatable bonds is 4. The van der Waals surface area contributed by atoms with Gasteiger partial charge < -0.3 is 10.1 Å². The Kier molecular flexibility index (Phi) is 4.54. The van der Waals surface area contributed by atoms with Gasteiger partial charge in [-0.15, -0.1) is 11.3 Å². The van der Waals surface area contributed by atoms with Crippen LogP contribution in [0.1, 0.15) is 49.9 Å². The Labute approximate surface area is 108 Å². The van der Waals surface area contributed by atoms with Crippen LogP contribution in [0.5, 0.6) is 0 Å². The van der Waals surface area contributed by atoms with E-state index in [-0.39, 0.29) is 0 Å². The minimum atomic E-state index is 0.356. The third-order valence-corrected chi connectivity index (χ3v) is 4.46. The van der Waals surface area contributed by atoms with E-state index in [4.69, 9.17) is 4.74 Å². The molecule has 1 saturated heterocycles. The van der Waals surface area contributed by atoms with E-state index >= 15 is 0 Å². The molecule has 0 aromatic carbocycles. The average molecular weight is 254 g/mol. The average Bonchev–Trinajstić information content (AvgIpc) is 2.76. The van der Waals surface area contributed by atoms with Gasteiger partial charge in [0.25, 0.3) is 0 Å². The molecule has 0 saturated carbocycles. The molecular formula is C13H22N2OS. The molecule has 1 aromatic heterocycles. The first-order chi connectivity index (χ1) is 8.19. The Balaban J connectivity index is 1.87. The Morgan fingerprint density at radius 3 is 3.12 bits per heavy atom. The molecule has 0 radical (unpaired) electrons. The molecule has 3 unspecified atom stereocenters. The third-order valence-electron chi connectivity index (χ3n) is 3.32. The van der Waals surface area contributed by atoms with Crippen molar-refractivity contribution in [3.8, 4) is 0 Å². The lowest BCUT2D eigenvalue weighted by Crippen LogP contribution is -2.39. The van der Waals surface area contributed by atoms with E-state index in [1.807, 2.05) is 6.92 Å². The number of hydrogen-bond acceptors (Lipinski definition) is 4. The second kappa shape index (κ2) is 5.94. The highest BCUT2D eigenvalue weighted by atomic mass is 32.1. The predicted octanol–water partition coefficient (Wildman–Crippen LogP) is 3.06. The zero-order chi connectivity index (χ0) is 12.3. The van der Waals surface area contributed by atoms with E-state index < -0.39 is 0 Å². The number of nitrogens with zero attached hydrogens (tertiary/aromatic N) is 1. The number of aryl methyl sites for hydroxylation is 1. The van der Waals surface area contributed by atoms with Gasteiger partial charge in [0.05, 0.1) is 12.1 Å². The van der Waals surface area contributed by atoms with Gasteiger partial charge in [0.1, 0.15) is 5.01 Å². The quantitative estimate of drug-likeness (QED) is 0.896. The standard InChI is InChI=1S/C13H22N2OS/c1-4-12-7-11(5-6-16-12)15-10(3)13-14-9(2)8-17-13/h8,10-12,15H,4-7H2,1-3H3. The summed E-state index contributed by atoms with van der Waals surface area (Å²) in [5.41, 5.74) is 1.12. The lowest BCUT2D eigenvalue weighted by atomic mass is 10.0. The van der Waals surface area contributed by atoms with E-state index in [0.29, 0.717) is 18.2 Å². The van der Waals surface area contributed by atoms with Gasteiger partial charge in [0, 0.05) is 23.7 Å². The molecule has 96 valence electrons. The van der Waals surface area contributed by atoms with Gasteiger partial charge in [-0.3, -0.25) is 0 Å². The van der Waals surface area contributed by atoms with E-state index in [1.54, 1.807) is 11.3 Å². The summed E-state index contributed by atoms with van der Waals surface area (Å²) >= 11 is 1.75. The van der Waals surface area contributed by atoms with Gasteiger partial charge in [0.15, 0.2) is 0 Å². The van der Waals surface area contributed by atoms with Gasteiger partial charge >= 0.3 is 0 Å². The second-order valence-corrected chi connectivity index (χ2v) is 5.73. The minimum absolute atomic E-state index is 0.356. The zero-order valence-electron chi connectivity index (χ0n) is 10.9. The van der Waals surface area contributed by atoms with Crippen molar-refractivity contribution in [1.29, 1.82) is 0 Å². The molecule has 3 nitrogen and oxygen atoms in total. The Morgan fingerprint density at radius 2 is 2.47 bits per heavy atom. The van der Waals surface area contributed by atoms with Crippen molar-refractivity contribution in [1.82, 2.24) is 10.3 Å². The largest absolute Gasteiger partial charge is 0.378 e. The van der Waals surface area contributed by atoms with Crippen molar-refractivity contribution in [2.24, 2.45) is 0 Å². The summed E-state index contributed by atoms with van der Waals surface area (Å²) in [6.07, 6.45) is 3.80. The lowest BCUT2D eigenvalue weighted by molar-refractivity contribution is -0.00166. The number of ether oxygens (including phenoxy) is 1. The maximum Gasteiger partial charge on any atom is 0.110 e. The summed E-state index contributed by atoms with van der Waals surface area (Å²) in [6, 6.07) is 0.933. The minimum Gasteiger partial charge on any atom is -0.378 e. The molecule has 17 heavy (non-hydrogen) atoms. The van der Waals surface area contributed by atoms with Crippen molar-refractivity contribution in [3.05, 3.63) is 16.1 Å². The summed E-state index contributed by atoms with van der Waals surface area (Å²) in [6.45, 7) is 7.34. The summed E-state index contributed by atoms with van der Waals surface area (Å²) in [4.78, 5) is 4.54. The number of thiazole rings is 1. The first-order valence-electron chi connectivity index (χ1n) is 6.48. The van der Waals surface area contributed by atoms with Gasteiger partial charge in [-0.05, 0) is 33.1 Å². The molecule has 0 spiro atoms. The van der Waals surface area contributed by atoms with Gasteiger partial charge in [0.2, 0.25) is 0 Å². The number of hydrogen-bond donors (Lipinski definition) is 1. The monoisotopic (exact) mass is 254 g/mol. The summed E-state index contributed by atoms with van der Waals surface area (Å²) < 4.78 is 5.70. The SMILES string of the molecule is CCC1CC(NC(C)c2nc(C)cs2)CCO1. The van der Waals surface area contributed by atoms with Crippen LogP contribution in [-0.4, -0.2) is 23.7 Å². The van der Waals surface area contributed by atoms with Crippen LogP contribution in [0.25, 0.3) is 0 Å². The van der Waals surface area contributed by atoms with Crippen LogP contribution in [0, 0.1) is 6.92 Å². The molecule has 2 rings (SSSR count). The fourth-order valence-electron chi connectivity index (χ4n) is 2.31. The molecule has 1 aliphatic heterocycles. The molecule has 1 aromatic rings. The smallest absolute Gasteiger partial charge is 0.110 e. The highest BCUT2D eigenvalue weighted by Gasteiger charge is 2.23. The highest BCUT2D eigenvalue weighted by molar-refractivity contribution is 7.09. The molecule has 1 fully saturated rings. The summed E-state index contributed by atoms with van der Waals surface area (Å²) in [5, 5.41) is 6.99. The van der Waals surface area contributed by atoms with Crippen LogP contribution < -0.4 is 5.32 Å². The van der Waals surface area contributed by atoms with Crippen molar-refractivity contribution in [3.63, 3.8) is 0 Å². The normalized spacial score (nSPS) is 27.0. The summed E-state index contributed by atoms with van der Waals surface area (Å²) in [5.74, 6) is 0. The molecule has 1 N–H and O–H groups in total. The van der Waals surface area contributed by atoms with Crippen LogP contribution in [0.2, 0.25) is 0 Å². The highest BCUT2D eigenvalue weighted by Crippen LogP contribution is 2.22. The molecule has 0 amide bonds. The maximum atomic E-state index is 5.70. The summed E-state index contributed by atoms with van der Waals surface area (Å²) in [7, 11) is 0. The van der Waals surface area contributed by atoms with Crippen molar-refractivity contribution in [2.75, 3.05) is 6.61 Å². The topological polar surface area (TPSA) is 34.2 Å². The van der Waals surface area contributed by atoms with E-state index in [9.17, 15) is 0 Å². The Morgan fingerprint density at radius 1 is 1.65 bits per heavy atom. The zero-order valence-corrected chi connectivity index (χ0v) is 11.7. The predicted molar refractivity (Wildman–Crippen MR) is 71.5 cm³/mol. The van der Waals surface area contributed by atoms with Crippen molar-refractivity contribution in [2.45, 2.75) is 58.2 Å². The molecule has 4 heteroatoms. The number of aromatic nitrogens is 1. The molecule has 0 aliphatic carbocycles. The fourth-order valence-corrected chi connectivity index (χ4v) is 3.12. The Bertz CT molecular complexity index is 353. The Hall–Kier alpha value is -0.450. The van der Waals surface area contributed by atoms with Crippen LogP contribution in [0.4, 0.5) is 0 Å². The molecular weight excluding hydrogens is 232 g/mol. The molecule has 1 aliphatic rings. The van der Waals surface area contributed by atoms with Crippen LogP contribution in [0.15, 0.2) is 5.38 Å². The first kappa shape index (κ1) is 13.0. The van der Waals surface area contributed by atoms with E-state index in [0.717, 1.165) is 31.6 Å². The van der Waals surface area contributed by atoms with Gasteiger partial charge in [-0.25, -0.2) is 4.98 Å². The first-order valence-corrected chi connectivity index (χ1v) is 7.36. The van der Waals surface area contributed by atoms with E-state index in [1.165, 1.54) is 5.01 Å². The van der Waals surface area contributed by atoms with E-state index in [2.05, 4.69) is 29.5 Å². The van der Waals surface area contributed by atoms with Crippen molar-refractivity contribution < 1.29 is 4.74 Å². The van der Waals surface area contributed by atoms with Crippen LogP contribution in [-0.2, 0) is 4.74 Å². The van der Waals surface area contributed by atoms with Gasteiger partial charge in [-0.1, -0.05) is 6.92 Å².